The lowest BCUT2D eigenvalue weighted by Crippen LogP contribution is -2.22. The molecule has 1 fully saturated rings. The third kappa shape index (κ3) is 1.79. The first-order valence-corrected chi connectivity index (χ1v) is 4.50. The molecule has 1 aliphatic heterocycles. The Kier molecular flexibility index (Phi) is 2.43. The molecule has 1 unspecified atom stereocenters. The highest BCUT2D eigenvalue weighted by molar-refractivity contribution is 7.71. The SMILES string of the molecule is Cn1[nH]c(C2COCCO2)nc1=S. The van der Waals surface area contributed by atoms with Gasteiger partial charge in [-0.25, -0.2) is 4.98 Å². The third-order valence-electron chi connectivity index (χ3n) is 1.91. The maximum absolute atomic E-state index is 5.45. The van der Waals surface area contributed by atoms with Crippen molar-refractivity contribution in [1.29, 1.82) is 0 Å². The molecular weight excluding hydrogens is 190 g/mol. The van der Waals surface area contributed by atoms with Crippen LogP contribution in [0.3, 0.4) is 0 Å². The van der Waals surface area contributed by atoms with Crippen molar-refractivity contribution in [3.8, 4) is 0 Å². The largest absolute Gasteiger partial charge is 0.376 e. The van der Waals surface area contributed by atoms with Crippen molar-refractivity contribution in [2.75, 3.05) is 19.8 Å². The number of rotatable bonds is 1. The van der Waals surface area contributed by atoms with Gasteiger partial charge in [0.2, 0.25) is 4.77 Å². The number of aryl methyl sites for hydroxylation is 1. The summed E-state index contributed by atoms with van der Waals surface area (Å²) in [6.45, 7) is 1.81. The van der Waals surface area contributed by atoms with Gasteiger partial charge >= 0.3 is 0 Å². The van der Waals surface area contributed by atoms with E-state index in [1.54, 1.807) is 4.68 Å². The lowest BCUT2D eigenvalue weighted by atomic mass is 10.3. The normalized spacial score (nSPS) is 23.3. The summed E-state index contributed by atoms with van der Waals surface area (Å²) in [6, 6.07) is 0. The van der Waals surface area contributed by atoms with Crippen LogP contribution >= 0.6 is 12.2 Å². The number of nitrogens with one attached hydrogen (secondary N) is 1. The molecule has 0 amide bonds. The summed E-state index contributed by atoms with van der Waals surface area (Å²) in [6.07, 6.45) is -0.100. The van der Waals surface area contributed by atoms with Crippen molar-refractivity contribution in [2.45, 2.75) is 6.10 Å². The highest BCUT2D eigenvalue weighted by Crippen LogP contribution is 2.16. The van der Waals surface area contributed by atoms with Crippen LogP contribution in [0.15, 0.2) is 0 Å². The summed E-state index contributed by atoms with van der Waals surface area (Å²) in [7, 11) is 1.82. The maximum atomic E-state index is 5.45. The Labute approximate surface area is 80.7 Å². The summed E-state index contributed by atoms with van der Waals surface area (Å²) in [5, 5.41) is 3.01. The second kappa shape index (κ2) is 3.57. The molecule has 1 aliphatic rings. The number of aromatic nitrogens is 3. The van der Waals surface area contributed by atoms with Crippen molar-refractivity contribution >= 4 is 12.2 Å². The summed E-state index contributed by atoms with van der Waals surface area (Å²) >= 11 is 4.97. The molecule has 72 valence electrons. The van der Waals surface area contributed by atoms with Gasteiger partial charge in [0, 0.05) is 7.05 Å². The molecule has 1 aromatic rings. The number of ether oxygens (including phenoxy) is 2. The Morgan fingerprint density at radius 2 is 2.46 bits per heavy atom. The highest BCUT2D eigenvalue weighted by Gasteiger charge is 2.19. The zero-order valence-electron chi connectivity index (χ0n) is 7.32. The minimum Gasteiger partial charge on any atom is -0.376 e. The summed E-state index contributed by atoms with van der Waals surface area (Å²) in [5.74, 6) is 0.743. The van der Waals surface area contributed by atoms with E-state index >= 15 is 0 Å². The Morgan fingerprint density at radius 1 is 1.62 bits per heavy atom. The van der Waals surface area contributed by atoms with E-state index in [-0.39, 0.29) is 6.10 Å². The zero-order chi connectivity index (χ0) is 9.26. The number of hydrogen-bond donors (Lipinski definition) is 1. The molecule has 2 rings (SSSR count). The Balaban J connectivity index is 2.19. The predicted molar refractivity (Wildman–Crippen MR) is 47.9 cm³/mol. The molecule has 0 aliphatic carbocycles. The topological polar surface area (TPSA) is 52.1 Å². The average molecular weight is 201 g/mol. The maximum Gasteiger partial charge on any atom is 0.215 e. The van der Waals surface area contributed by atoms with E-state index in [1.807, 2.05) is 7.05 Å². The van der Waals surface area contributed by atoms with Crippen molar-refractivity contribution in [2.24, 2.45) is 7.05 Å². The van der Waals surface area contributed by atoms with E-state index in [4.69, 9.17) is 21.7 Å². The number of nitrogens with zero attached hydrogens (tertiary/aromatic N) is 2. The first-order valence-electron chi connectivity index (χ1n) is 4.09. The van der Waals surface area contributed by atoms with Crippen LogP contribution in [-0.4, -0.2) is 34.6 Å². The van der Waals surface area contributed by atoms with Crippen molar-refractivity contribution in [1.82, 2.24) is 14.8 Å². The minimum atomic E-state index is -0.100. The fourth-order valence-corrected chi connectivity index (χ4v) is 1.36. The average Bonchev–Trinajstić information content (AvgIpc) is 2.49. The van der Waals surface area contributed by atoms with Gasteiger partial charge in [-0.15, -0.1) is 0 Å². The lowest BCUT2D eigenvalue weighted by Gasteiger charge is -2.20. The molecule has 1 atom stereocenters. The molecular formula is C7H11N3O2S. The molecule has 1 N–H and O–H groups in total. The van der Waals surface area contributed by atoms with Gasteiger partial charge in [-0.1, -0.05) is 0 Å². The van der Waals surface area contributed by atoms with Gasteiger partial charge in [0.1, 0.15) is 6.10 Å². The fraction of sp³-hybridized carbons (Fsp3) is 0.714. The van der Waals surface area contributed by atoms with Gasteiger partial charge in [-0.3, -0.25) is 9.78 Å². The van der Waals surface area contributed by atoms with E-state index in [9.17, 15) is 0 Å². The number of aromatic amines is 1. The van der Waals surface area contributed by atoms with Gasteiger partial charge in [0.15, 0.2) is 5.82 Å². The Morgan fingerprint density at radius 3 is 3.00 bits per heavy atom. The van der Waals surface area contributed by atoms with E-state index in [0.29, 0.717) is 24.6 Å². The fourth-order valence-electron chi connectivity index (χ4n) is 1.21. The molecule has 0 aromatic carbocycles. The van der Waals surface area contributed by atoms with Crippen LogP contribution in [0.4, 0.5) is 0 Å². The molecule has 1 aromatic heterocycles. The second-order valence-corrected chi connectivity index (χ2v) is 3.25. The van der Waals surface area contributed by atoms with E-state index in [1.165, 1.54) is 0 Å². The predicted octanol–water partition coefficient (Wildman–Crippen LogP) is 0.566. The zero-order valence-corrected chi connectivity index (χ0v) is 8.13. The standard InChI is InChI=1S/C7H11N3O2S/c1-10-7(13)8-6(9-10)5-4-11-2-3-12-5/h5H,2-4H2,1H3,(H,8,9,13). The molecule has 0 saturated carbocycles. The summed E-state index contributed by atoms with van der Waals surface area (Å²) < 4.78 is 12.9. The first-order chi connectivity index (χ1) is 6.27. The highest BCUT2D eigenvalue weighted by atomic mass is 32.1. The van der Waals surface area contributed by atoms with E-state index < -0.39 is 0 Å². The molecule has 0 radical (unpaired) electrons. The van der Waals surface area contributed by atoms with E-state index in [0.717, 1.165) is 5.82 Å². The molecule has 2 heterocycles. The van der Waals surface area contributed by atoms with Gasteiger partial charge in [-0.2, -0.15) is 0 Å². The Hall–Kier alpha value is -0.720. The minimum absolute atomic E-state index is 0.100. The lowest BCUT2D eigenvalue weighted by molar-refractivity contribution is -0.0935. The molecule has 1 saturated heterocycles. The van der Waals surface area contributed by atoms with Crippen LogP contribution in [0.2, 0.25) is 0 Å². The van der Waals surface area contributed by atoms with Crippen molar-refractivity contribution in [3.05, 3.63) is 10.6 Å². The molecule has 6 heteroatoms. The molecule has 0 spiro atoms. The number of hydrogen-bond acceptors (Lipinski definition) is 4. The first kappa shape index (κ1) is 8.86. The van der Waals surface area contributed by atoms with Crippen molar-refractivity contribution < 1.29 is 9.47 Å². The van der Waals surface area contributed by atoms with Crippen LogP contribution in [0, 0.1) is 4.77 Å². The quantitative estimate of drug-likeness (QED) is 0.675. The smallest absolute Gasteiger partial charge is 0.215 e. The van der Waals surface area contributed by atoms with Crippen LogP contribution in [-0.2, 0) is 16.5 Å². The van der Waals surface area contributed by atoms with Gasteiger partial charge in [-0.05, 0) is 12.2 Å². The van der Waals surface area contributed by atoms with Gasteiger partial charge in [0.25, 0.3) is 0 Å². The second-order valence-electron chi connectivity index (χ2n) is 2.88. The monoisotopic (exact) mass is 201 g/mol. The molecule has 13 heavy (non-hydrogen) atoms. The van der Waals surface area contributed by atoms with Crippen molar-refractivity contribution in [3.63, 3.8) is 0 Å². The van der Waals surface area contributed by atoms with Crippen LogP contribution in [0.25, 0.3) is 0 Å². The van der Waals surface area contributed by atoms with Gasteiger partial charge < -0.3 is 9.47 Å². The Bertz CT molecular complexity index is 340. The van der Waals surface area contributed by atoms with Gasteiger partial charge in [0.05, 0.1) is 19.8 Å². The third-order valence-corrected chi connectivity index (χ3v) is 2.27. The van der Waals surface area contributed by atoms with Crippen LogP contribution < -0.4 is 0 Å². The van der Waals surface area contributed by atoms with E-state index in [2.05, 4.69) is 10.1 Å². The molecule has 0 bridgehead atoms. The number of H-pyrrole nitrogens is 1. The van der Waals surface area contributed by atoms with Crippen LogP contribution in [0.1, 0.15) is 11.9 Å². The summed E-state index contributed by atoms with van der Waals surface area (Å²) in [5.41, 5.74) is 0. The summed E-state index contributed by atoms with van der Waals surface area (Å²) in [4.78, 5) is 4.15. The molecule has 5 nitrogen and oxygen atoms in total. The van der Waals surface area contributed by atoms with Crippen LogP contribution in [0.5, 0.6) is 0 Å².